The molecule has 0 aromatic rings. The average molecular weight is 310 g/mol. The van der Waals surface area contributed by atoms with Gasteiger partial charge in [0.05, 0.1) is 11.2 Å². The van der Waals surface area contributed by atoms with Crippen molar-refractivity contribution >= 4 is 70.7 Å². The lowest BCUT2D eigenvalue weighted by atomic mass is 10.2. The minimum Gasteiger partial charge on any atom is -0.277 e. The van der Waals surface area contributed by atoms with Crippen LogP contribution in [0.3, 0.4) is 0 Å². The average Bonchev–Trinajstić information content (AvgIpc) is 2.41. The van der Waals surface area contributed by atoms with Crippen LogP contribution in [0, 0.1) is 0 Å². The van der Waals surface area contributed by atoms with E-state index < -0.39 is 11.3 Å². The van der Waals surface area contributed by atoms with Crippen molar-refractivity contribution in [2.75, 3.05) is 6.61 Å². The second kappa shape index (κ2) is 6.53. The van der Waals surface area contributed by atoms with Crippen molar-refractivity contribution in [3.63, 3.8) is 0 Å². The second-order valence-electron chi connectivity index (χ2n) is 2.67. The molecule has 1 aliphatic rings. The molecular formula is C5H11NO2S6. The first-order valence-corrected chi connectivity index (χ1v) is 8.72. The first-order valence-electron chi connectivity index (χ1n) is 3.67. The highest BCUT2D eigenvalue weighted by atomic mass is 33.1. The Hall–Kier alpha value is 1.82. The molecule has 3 nitrogen and oxygen atoms in total. The summed E-state index contributed by atoms with van der Waals surface area (Å²) in [6, 6.07) is 0. The van der Waals surface area contributed by atoms with Gasteiger partial charge in [0.15, 0.2) is 0 Å². The molecule has 0 amide bonds. The molecule has 1 fully saturated rings. The minimum atomic E-state index is -1.70. The Balaban J connectivity index is 2.44. The van der Waals surface area contributed by atoms with Crippen LogP contribution in [-0.2, 0) is 15.4 Å². The van der Waals surface area contributed by atoms with Gasteiger partial charge in [-0.1, -0.05) is 10.8 Å². The van der Waals surface area contributed by atoms with E-state index in [0.29, 0.717) is 6.61 Å². The fourth-order valence-corrected chi connectivity index (χ4v) is 6.06. The maximum absolute atomic E-state index is 10.5. The maximum Gasteiger partial charge on any atom is 0.231 e. The molecule has 0 aromatic carbocycles. The van der Waals surface area contributed by atoms with Gasteiger partial charge in [0.1, 0.15) is 0 Å². The third-order valence-corrected chi connectivity index (χ3v) is 7.85. The van der Waals surface area contributed by atoms with Crippen LogP contribution < -0.4 is 5.14 Å². The van der Waals surface area contributed by atoms with Crippen LogP contribution >= 0.6 is 59.5 Å². The van der Waals surface area contributed by atoms with Gasteiger partial charge in [0.25, 0.3) is 0 Å². The predicted molar refractivity (Wildman–Crippen MR) is 75.6 cm³/mol. The first kappa shape index (κ1) is 13.9. The Bertz CT molecular complexity index is 216. The SMILES string of the molecule is NS(=O)OCC1SC(SS)C(S)C1S. The van der Waals surface area contributed by atoms with E-state index in [0.717, 1.165) is 0 Å². The van der Waals surface area contributed by atoms with E-state index in [2.05, 4.69) is 36.9 Å². The third kappa shape index (κ3) is 3.69. The van der Waals surface area contributed by atoms with E-state index in [1.807, 2.05) is 0 Å². The normalized spacial score (nSPS) is 40.0. The van der Waals surface area contributed by atoms with Gasteiger partial charge in [-0.05, 0) is 0 Å². The summed E-state index contributed by atoms with van der Waals surface area (Å²) in [5.74, 6) is 0. The van der Waals surface area contributed by atoms with Crippen LogP contribution in [0.4, 0.5) is 0 Å². The van der Waals surface area contributed by atoms with Crippen molar-refractivity contribution in [1.29, 1.82) is 0 Å². The van der Waals surface area contributed by atoms with Crippen LogP contribution in [0.15, 0.2) is 0 Å². The number of hydrogen-bond acceptors (Lipinski definition) is 7. The molecule has 0 bridgehead atoms. The standard InChI is InChI=1S/C5H11NO2S6/c6-14(7)8-1-2-3(9)4(10)5(12-2)13-11/h2-5,9-11H,1,6H2. The molecule has 1 rings (SSSR count). The summed E-state index contributed by atoms with van der Waals surface area (Å²) >= 11 is 13.0. The van der Waals surface area contributed by atoms with Gasteiger partial charge in [-0.2, -0.15) is 25.3 Å². The third-order valence-electron chi connectivity index (χ3n) is 1.77. The Kier molecular flexibility index (Phi) is 6.48. The van der Waals surface area contributed by atoms with Crippen molar-refractivity contribution in [1.82, 2.24) is 0 Å². The summed E-state index contributed by atoms with van der Waals surface area (Å²) in [6.45, 7) is 0.337. The fourth-order valence-electron chi connectivity index (χ4n) is 1.07. The number of thioether (sulfide) groups is 1. The molecule has 0 saturated carbocycles. The highest BCUT2D eigenvalue weighted by molar-refractivity contribution is 8.70. The van der Waals surface area contributed by atoms with Crippen molar-refractivity contribution in [3.8, 4) is 0 Å². The van der Waals surface area contributed by atoms with Crippen molar-refractivity contribution in [2.24, 2.45) is 5.14 Å². The lowest BCUT2D eigenvalue weighted by Gasteiger charge is -2.14. The number of thiol groups is 3. The monoisotopic (exact) mass is 309 g/mol. The molecule has 9 heteroatoms. The fraction of sp³-hybridized carbons (Fsp3) is 1.00. The predicted octanol–water partition coefficient (Wildman–Crippen LogP) is 1.16. The van der Waals surface area contributed by atoms with Gasteiger partial charge in [-0.25, -0.2) is 9.35 Å². The molecule has 2 N–H and O–H groups in total. The molecule has 0 aromatic heterocycles. The molecule has 1 heterocycles. The molecule has 5 unspecified atom stereocenters. The summed E-state index contributed by atoms with van der Waals surface area (Å²) in [4.78, 5) is 0. The van der Waals surface area contributed by atoms with E-state index in [9.17, 15) is 4.21 Å². The van der Waals surface area contributed by atoms with Crippen LogP contribution in [0.25, 0.3) is 0 Å². The van der Waals surface area contributed by atoms with E-state index in [1.165, 1.54) is 10.8 Å². The zero-order valence-corrected chi connectivity index (χ0v) is 12.1. The van der Waals surface area contributed by atoms with Crippen LogP contribution in [-0.4, -0.2) is 31.1 Å². The summed E-state index contributed by atoms with van der Waals surface area (Å²) in [7, 11) is 1.45. The van der Waals surface area contributed by atoms with Gasteiger partial charge in [0, 0.05) is 15.7 Å². The summed E-state index contributed by atoms with van der Waals surface area (Å²) in [6.07, 6.45) is 0. The molecule has 84 valence electrons. The van der Waals surface area contributed by atoms with Gasteiger partial charge in [-0.15, -0.1) is 23.4 Å². The smallest absolute Gasteiger partial charge is 0.231 e. The Morgan fingerprint density at radius 2 is 2.14 bits per heavy atom. The van der Waals surface area contributed by atoms with Gasteiger partial charge in [0.2, 0.25) is 11.3 Å². The van der Waals surface area contributed by atoms with Gasteiger partial charge >= 0.3 is 0 Å². The maximum atomic E-state index is 10.5. The zero-order valence-electron chi connectivity index (χ0n) is 6.98. The topological polar surface area (TPSA) is 52.3 Å². The zero-order chi connectivity index (χ0) is 10.7. The van der Waals surface area contributed by atoms with E-state index >= 15 is 0 Å². The molecular weight excluding hydrogens is 298 g/mol. The summed E-state index contributed by atoms with van der Waals surface area (Å²) in [5.41, 5.74) is 0. The second-order valence-corrected chi connectivity index (χ2v) is 7.66. The van der Waals surface area contributed by atoms with E-state index in [1.54, 1.807) is 11.8 Å². The van der Waals surface area contributed by atoms with Crippen molar-refractivity contribution < 1.29 is 8.39 Å². The lowest BCUT2D eigenvalue weighted by Crippen LogP contribution is -2.26. The molecule has 0 aliphatic carbocycles. The minimum absolute atomic E-state index is 0.108. The van der Waals surface area contributed by atoms with E-state index in [-0.39, 0.29) is 20.3 Å². The van der Waals surface area contributed by atoms with Crippen LogP contribution in [0.2, 0.25) is 0 Å². The molecule has 1 aliphatic heterocycles. The molecule has 0 radical (unpaired) electrons. The Labute approximate surface area is 110 Å². The van der Waals surface area contributed by atoms with Gasteiger partial charge in [-0.3, -0.25) is 4.18 Å². The Morgan fingerprint density at radius 3 is 2.57 bits per heavy atom. The highest BCUT2D eigenvalue weighted by Gasteiger charge is 2.40. The van der Waals surface area contributed by atoms with E-state index in [4.69, 9.17) is 9.32 Å². The summed E-state index contributed by atoms with van der Waals surface area (Å²) in [5, 5.41) is 5.42. The first-order chi connectivity index (χ1) is 6.56. The quantitative estimate of drug-likeness (QED) is 0.465. The van der Waals surface area contributed by atoms with Crippen molar-refractivity contribution in [3.05, 3.63) is 0 Å². The van der Waals surface area contributed by atoms with Crippen LogP contribution in [0.5, 0.6) is 0 Å². The molecule has 14 heavy (non-hydrogen) atoms. The van der Waals surface area contributed by atoms with Gasteiger partial charge < -0.3 is 0 Å². The highest BCUT2D eigenvalue weighted by Crippen LogP contribution is 2.46. The number of nitrogens with two attached hydrogens (primary N) is 1. The molecule has 0 spiro atoms. The Morgan fingerprint density at radius 1 is 1.50 bits per heavy atom. The summed E-state index contributed by atoms with van der Waals surface area (Å²) < 4.78 is 15.7. The lowest BCUT2D eigenvalue weighted by molar-refractivity contribution is 0.347. The molecule has 5 atom stereocenters. The molecule has 1 saturated heterocycles. The largest absolute Gasteiger partial charge is 0.277 e. The number of hydrogen-bond donors (Lipinski definition) is 4. The van der Waals surface area contributed by atoms with Crippen LogP contribution in [0.1, 0.15) is 0 Å². The number of rotatable bonds is 4. The van der Waals surface area contributed by atoms with Crippen molar-refractivity contribution in [2.45, 2.75) is 20.3 Å².